The first-order chi connectivity index (χ1) is 11.4. The van der Waals surface area contributed by atoms with Crippen LogP contribution in [0.1, 0.15) is 11.1 Å². The van der Waals surface area contributed by atoms with E-state index in [0.29, 0.717) is 11.4 Å². The van der Waals surface area contributed by atoms with E-state index in [9.17, 15) is 8.42 Å². The minimum atomic E-state index is -3.39. The summed E-state index contributed by atoms with van der Waals surface area (Å²) in [4.78, 5) is 0.321. The number of sulfonamides is 1. The van der Waals surface area contributed by atoms with Gasteiger partial charge < -0.3 is 10.1 Å². The highest BCUT2D eigenvalue weighted by Crippen LogP contribution is 2.15. The van der Waals surface area contributed by atoms with Crippen LogP contribution in [0.4, 0.5) is 0 Å². The second kappa shape index (κ2) is 8.28. The van der Waals surface area contributed by atoms with Gasteiger partial charge in [-0.1, -0.05) is 24.3 Å². The minimum absolute atomic E-state index is 0.321. The molecule has 0 atom stereocenters. The SMILES string of the molecule is COc1ccc(CCNCc2cccc(S(=O)(=O)N(C)C)c2)cc1. The average Bonchev–Trinajstić information content (AvgIpc) is 2.59. The predicted octanol–water partition coefficient (Wildman–Crippen LogP) is 2.28. The molecule has 0 amide bonds. The smallest absolute Gasteiger partial charge is 0.242 e. The molecular formula is C18H24N2O3S. The summed E-state index contributed by atoms with van der Waals surface area (Å²) in [5.41, 5.74) is 2.18. The number of methoxy groups -OCH3 is 1. The second-order valence-corrected chi connectivity index (χ2v) is 7.86. The van der Waals surface area contributed by atoms with Crippen LogP contribution in [0.3, 0.4) is 0 Å². The molecule has 0 fully saturated rings. The lowest BCUT2D eigenvalue weighted by Gasteiger charge is -2.12. The van der Waals surface area contributed by atoms with Crippen molar-refractivity contribution in [2.45, 2.75) is 17.9 Å². The van der Waals surface area contributed by atoms with Crippen LogP contribution >= 0.6 is 0 Å². The molecule has 0 unspecified atom stereocenters. The molecule has 0 saturated heterocycles. The maximum absolute atomic E-state index is 12.1. The van der Waals surface area contributed by atoms with Crippen molar-refractivity contribution >= 4 is 10.0 Å². The molecule has 0 saturated carbocycles. The number of ether oxygens (including phenoxy) is 1. The van der Waals surface area contributed by atoms with E-state index in [1.54, 1.807) is 25.3 Å². The van der Waals surface area contributed by atoms with E-state index in [4.69, 9.17) is 4.74 Å². The van der Waals surface area contributed by atoms with Crippen molar-refractivity contribution < 1.29 is 13.2 Å². The van der Waals surface area contributed by atoms with Crippen LogP contribution in [0.2, 0.25) is 0 Å². The molecule has 2 aromatic rings. The van der Waals surface area contributed by atoms with Crippen molar-refractivity contribution in [3.05, 3.63) is 59.7 Å². The molecule has 6 heteroatoms. The Morgan fingerprint density at radius 2 is 1.75 bits per heavy atom. The first-order valence-corrected chi connectivity index (χ1v) is 9.22. The number of benzene rings is 2. The van der Waals surface area contributed by atoms with Gasteiger partial charge in [-0.25, -0.2) is 12.7 Å². The summed E-state index contributed by atoms with van der Waals surface area (Å²) in [6, 6.07) is 15.0. The van der Waals surface area contributed by atoms with E-state index in [1.165, 1.54) is 24.0 Å². The predicted molar refractivity (Wildman–Crippen MR) is 95.7 cm³/mol. The number of hydrogen-bond acceptors (Lipinski definition) is 4. The van der Waals surface area contributed by atoms with Gasteiger partial charge in [-0.05, 0) is 48.4 Å². The van der Waals surface area contributed by atoms with Crippen molar-refractivity contribution in [2.75, 3.05) is 27.7 Å². The van der Waals surface area contributed by atoms with E-state index in [-0.39, 0.29) is 0 Å². The van der Waals surface area contributed by atoms with Crippen molar-refractivity contribution in [1.29, 1.82) is 0 Å². The lowest BCUT2D eigenvalue weighted by molar-refractivity contribution is 0.414. The van der Waals surface area contributed by atoms with Crippen LogP contribution in [0.25, 0.3) is 0 Å². The maximum atomic E-state index is 12.1. The molecule has 5 nitrogen and oxygen atoms in total. The molecule has 0 aliphatic carbocycles. The molecule has 0 aliphatic heterocycles. The van der Waals surface area contributed by atoms with E-state index in [1.807, 2.05) is 30.3 Å². The third kappa shape index (κ3) is 4.80. The summed E-state index contributed by atoms with van der Waals surface area (Å²) < 4.78 is 30.7. The molecule has 0 heterocycles. The zero-order chi connectivity index (χ0) is 17.6. The Morgan fingerprint density at radius 3 is 2.38 bits per heavy atom. The molecule has 24 heavy (non-hydrogen) atoms. The van der Waals surface area contributed by atoms with Crippen LogP contribution < -0.4 is 10.1 Å². The molecule has 2 aromatic carbocycles. The van der Waals surface area contributed by atoms with Gasteiger partial charge in [-0.2, -0.15) is 0 Å². The molecule has 0 aliphatic rings. The summed E-state index contributed by atoms with van der Waals surface area (Å²) in [7, 11) is 1.34. The second-order valence-electron chi connectivity index (χ2n) is 5.71. The van der Waals surface area contributed by atoms with Crippen LogP contribution in [-0.4, -0.2) is 40.5 Å². The molecule has 0 bridgehead atoms. The molecule has 0 aromatic heterocycles. The Kier molecular flexibility index (Phi) is 6.36. The standard InChI is InChI=1S/C18H24N2O3S/c1-20(2)24(21,22)18-6-4-5-16(13-18)14-19-12-11-15-7-9-17(23-3)10-8-15/h4-10,13,19H,11-12,14H2,1-3H3. The van der Waals surface area contributed by atoms with Gasteiger partial charge in [0, 0.05) is 20.6 Å². The van der Waals surface area contributed by atoms with Crippen molar-refractivity contribution in [2.24, 2.45) is 0 Å². The quantitative estimate of drug-likeness (QED) is 0.744. The van der Waals surface area contributed by atoms with Crippen LogP contribution in [-0.2, 0) is 23.0 Å². The van der Waals surface area contributed by atoms with Crippen molar-refractivity contribution in [3.8, 4) is 5.75 Å². The van der Waals surface area contributed by atoms with E-state index >= 15 is 0 Å². The fourth-order valence-electron chi connectivity index (χ4n) is 2.28. The molecule has 0 spiro atoms. The summed E-state index contributed by atoms with van der Waals surface area (Å²) in [6.45, 7) is 1.45. The zero-order valence-corrected chi connectivity index (χ0v) is 15.1. The largest absolute Gasteiger partial charge is 0.497 e. The lowest BCUT2D eigenvalue weighted by atomic mass is 10.1. The minimum Gasteiger partial charge on any atom is -0.497 e. The Labute approximate surface area is 144 Å². The highest BCUT2D eigenvalue weighted by molar-refractivity contribution is 7.89. The van der Waals surface area contributed by atoms with E-state index in [0.717, 1.165) is 24.3 Å². The van der Waals surface area contributed by atoms with E-state index < -0.39 is 10.0 Å². The molecule has 1 N–H and O–H groups in total. The first kappa shape index (κ1) is 18.4. The zero-order valence-electron chi connectivity index (χ0n) is 14.3. The first-order valence-electron chi connectivity index (χ1n) is 7.78. The average molecular weight is 348 g/mol. The summed E-state index contributed by atoms with van der Waals surface area (Å²) in [5.74, 6) is 0.852. The Morgan fingerprint density at radius 1 is 1.04 bits per heavy atom. The number of nitrogens with zero attached hydrogens (tertiary/aromatic N) is 1. The van der Waals surface area contributed by atoms with Gasteiger partial charge in [0.15, 0.2) is 0 Å². The van der Waals surface area contributed by atoms with Gasteiger partial charge in [0.1, 0.15) is 5.75 Å². The topological polar surface area (TPSA) is 58.6 Å². The van der Waals surface area contributed by atoms with Gasteiger partial charge in [-0.3, -0.25) is 0 Å². The van der Waals surface area contributed by atoms with Crippen molar-refractivity contribution in [1.82, 2.24) is 9.62 Å². The molecule has 2 rings (SSSR count). The molecule has 0 radical (unpaired) electrons. The fraction of sp³-hybridized carbons (Fsp3) is 0.333. The number of nitrogens with one attached hydrogen (secondary N) is 1. The van der Waals surface area contributed by atoms with Gasteiger partial charge in [0.2, 0.25) is 10.0 Å². The maximum Gasteiger partial charge on any atom is 0.242 e. The third-order valence-electron chi connectivity index (χ3n) is 3.76. The summed E-state index contributed by atoms with van der Waals surface area (Å²) >= 11 is 0. The lowest BCUT2D eigenvalue weighted by Crippen LogP contribution is -2.22. The van der Waals surface area contributed by atoms with Gasteiger partial charge in [0.25, 0.3) is 0 Å². The molecular weight excluding hydrogens is 324 g/mol. The number of hydrogen-bond donors (Lipinski definition) is 1. The fourth-order valence-corrected chi connectivity index (χ4v) is 3.26. The summed E-state index contributed by atoms with van der Waals surface area (Å²) in [5, 5.41) is 3.35. The highest BCUT2D eigenvalue weighted by atomic mass is 32.2. The van der Waals surface area contributed by atoms with Gasteiger partial charge in [-0.15, -0.1) is 0 Å². The van der Waals surface area contributed by atoms with Crippen LogP contribution in [0.15, 0.2) is 53.4 Å². The molecule has 130 valence electrons. The van der Waals surface area contributed by atoms with E-state index in [2.05, 4.69) is 5.32 Å². The van der Waals surface area contributed by atoms with Gasteiger partial charge >= 0.3 is 0 Å². The van der Waals surface area contributed by atoms with Crippen LogP contribution in [0.5, 0.6) is 5.75 Å². The monoisotopic (exact) mass is 348 g/mol. The Balaban J connectivity index is 1.88. The normalized spacial score (nSPS) is 11.7. The number of rotatable bonds is 8. The third-order valence-corrected chi connectivity index (χ3v) is 5.57. The van der Waals surface area contributed by atoms with Crippen LogP contribution in [0, 0.1) is 0 Å². The summed E-state index contributed by atoms with van der Waals surface area (Å²) in [6.07, 6.45) is 0.902. The Bertz CT molecular complexity index is 756. The van der Waals surface area contributed by atoms with Crippen molar-refractivity contribution in [3.63, 3.8) is 0 Å². The Hall–Kier alpha value is -1.89. The van der Waals surface area contributed by atoms with Gasteiger partial charge in [0.05, 0.1) is 12.0 Å². The highest BCUT2D eigenvalue weighted by Gasteiger charge is 2.16.